The molecule has 0 fully saturated rings. The minimum Gasteiger partial charge on any atom is -0.312 e. The lowest BCUT2D eigenvalue weighted by Gasteiger charge is -2.15. The van der Waals surface area contributed by atoms with Crippen LogP contribution in [0.4, 0.5) is 0 Å². The third-order valence-corrected chi connectivity index (χ3v) is 4.01. The van der Waals surface area contributed by atoms with Crippen LogP contribution in [0.15, 0.2) is 17.5 Å². The molecule has 1 aromatic rings. The maximum atomic E-state index is 3.35. The molecule has 1 unspecified atom stereocenters. The molecule has 3 heteroatoms. The predicted molar refractivity (Wildman–Crippen MR) is 63.7 cm³/mol. The van der Waals surface area contributed by atoms with Crippen LogP contribution in [0.1, 0.15) is 24.8 Å². The fraction of sp³-hybridized carbons (Fsp3) is 0.600. The minimum absolute atomic E-state index is 0.521. The summed E-state index contributed by atoms with van der Waals surface area (Å²) in [5.41, 5.74) is 0. The van der Waals surface area contributed by atoms with Crippen molar-refractivity contribution in [3.8, 4) is 0 Å². The van der Waals surface area contributed by atoms with Gasteiger partial charge in [-0.05, 0) is 23.7 Å². The van der Waals surface area contributed by atoms with Gasteiger partial charge in [-0.1, -0.05) is 19.9 Å². The van der Waals surface area contributed by atoms with E-state index >= 15 is 0 Å². The number of rotatable bonds is 5. The Hall–Kier alpha value is 0.01000. The van der Waals surface area contributed by atoms with Crippen LogP contribution < -0.4 is 5.32 Å². The summed E-state index contributed by atoms with van der Waals surface area (Å²) in [6, 6.07) is 4.84. The molecule has 0 aliphatic rings. The van der Waals surface area contributed by atoms with E-state index in [9.17, 15) is 0 Å². The van der Waals surface area contributed by atoms with E-state index in [-0.39, 0.29) is 0 Å². The van der Waals surface area contributed by atoms with Gasteiger partial charge in [0.05, 0.1) is 6.04 Å². The molecule has 0 bridgehead atoms. The Balaban J connectivity index is 2.44. The van der Waals surface area contributed by atoms with Crippen LogP contribution >= 0.6 is 23.1 Å². The lowest BCUT2D eigenvalue weighted by atomic mass is 10.3. The predicted octanol–water partition coefficient (Wildman–Crippen LogP) is 3.15. The second kappa shape index (κ2) is 5.68. The lowest BCUT2D eigenvalue weighted by Crippen LogP contribution is -2.18. The summed E-state index contributed by atoms with van der Waals surface area (Å²) in [6.07, 6.45) is 0. The highest BCUT2D eigenvalue weighted by Gasteiger charge is 2.10. The number of thiophene rings is 1. The minimum atomic E-state index is 0.521. The summed E-state index contributed by atoms with van der Waals surface area (Å²) in [5.74, 6) is 1.16. The quantitative estimate of drug-likeness (QED) is 0.810. The zero-order chi connectivity index (χ0) is 9.68. The van der Waals surface area contributed by atoms with Gasteiger partial charge < -0.3 is 5.32 Å². The first kappa shape index (κ1) is 11.1. The fourth-order valence-electron chi connectivity index (χ4n) is 1.09. The summed E-state index contributed by atoms with van der Waals surface area (Å²) in [6.45, 7) is 4.48. The molecule has 0 amide bonds. The van der Waals surface area contributed by atoms with Crippen molar-refractivity contribution in [3.63, 3.8) is 0 Å². The van der Waals surface area contributed by atoms with Crippen molar-refractivity contribution in [2.75, 3.05) is 12.8 Å². The molecule has 0 saturated heterocycles. The van der Waals surface area contributed by atoms with E-state index in [0.717, 1.165) is 11.0 Å². The van der Waals surface area contributed by atoms with E-state index in [1.54, 1.807) is 0 Å². The molecule has 0 aromatic carbocycles. The summed E-state index contributed by atoms with van der Waals surface area (Å²) in [4.78, 5) is 1.44. The first-order valence-corrected chi connectivity index (χ1v) is 6.49. The zero-order valence-electron chi connectivity index (χ0n) is 8.41. The van der Waals surface area contributed by atoms with Gasteiger partial charge in [0.1, 0.15) is 0 Å². The SMILES string of the molecule is CNC(CSC(C)C)c1cccs1. The highest BCUT2D eigenvalue weighted by Crippen LogP contribution is 2.24. The first-order valence-electron chi connectivity index (χ1n) is 4.56. The Morgan fingerprint density at radius 3 is 2.77 bits per heavy atom. The van der Waals surface area contributed by atoms with Crippen molar-refractivity contribution in [1.82, 2.24) is 5.32 Å². The van der Waals surface area contributed by atoms with Crippen molar-refractivity contribution < 1.29 is 0 Å². The van der Waals surface area contributed by atoms with Crippen LogP contribution in [-0.2, 0) is 0 Å². The summed E-state index contributed by atoms with van der Waals surface area (Å²) < 4.78 is 0. The largest absolute Gasteiger partial charge is 0.312 e. The maximum Gasteiger partial charge on any atom is 0.0504 e. The normalized spacial score (nSPS) is 13.5. The van der Waals surface area contributed by atoms with E-state index in [1.165, 1.54) is 4.88 Å². The molecule has 0 spiro atoms. The number of hydrogen-bond acceptors (Lipinski definition) is 3. The highest BCUT2D eigenvalue weighted by atomic mass is 32.2. The molecule has 74 valence electrons. The molecular weight excluding hydrogens is 198 g/mol. The fourth-order valence-corrected chi connectivity index (χ4v) is 2.95. The van der Waals surface area contributed by atoms with Crippen molar-refractivity contribution in [1.29, 1.82) is 0 Å². The van der Waals surface area contributed by atoms with Crippen LogP contribution in [0.5, 0.6) is 0 Å². The smallest absolute Gasteiger partial charge is 0.0504 e. The second-order valence-corrected chi connectivity index (χ2v) is 5.83. The highest BCUT2D eigenvalue weighted by molar-refractivity contribution is 7.99. The van der Waals surface area contributed by atoms with Gasteiger partial charge in [-0.15, -0.1) is 11.3 Å². The van der Waals surface area contributed by atoms with Gasteiger partial charge in [-0.25, -0.2) is 0 Å². The third-order valence-electron chi connectivity index (χ3n) is 1.83. The van der Waals surface area contributed by atoms with Gasteiger partial charge in [-0.3, -0.25) is 0 Å². The summed E-state index contributed by atoms with van der Waals surface area (Å²) >= 11 is 3.84. The Labute approximate surface area is 88.9 Å². The third kappa shape index (κ3) is 3.71. The average Bonchev–Trinajstić information content (AvgIpc) is 2.58. The standard InChI is InChI=1S/C10H17NS2/c1-8(2)13-7-9(11-3)10-5-4-6-12-10/h4-6,8-9,11H,7H2,1-3H3. The average molecular weight is 215 g/mol. The molecule has 1 atom stereocenters. The van der Waals surface area contributed by atoms with Gasteiger partial charge >= 0.3 is 0 Å². The molecular formula is C10H17NS2. The van der Waals surface area contributed by atoms with Crippen molar-refractivity contribution in [3.05, 3.63) is 22.4 Å². The molecule has 0 saturated carbocycles. The number of hydrogen-bond donors (Lipinski definition) is 1. The molecule has 0 aliphatic carbocycles. The lowest BCUT2D eigenvalue weighted by molar-refractivity contribution is 0.672. The molecule has 13 heavy (non-hydrogen) atoms. The Morgan fingerprint density at radius 2 is 2.31 bits per heavy atom. The van der Waals surface area contributed by atoms with Crippen LogP contribution in [0.25, 0.3) is 0 Å². The maximum absolute atomic E-state index is 3.35. The van der Waals surface area contributed by atoms with Crippen LogP contribution in [0.3, 0.4) is 0 Å². The molecule has 1 rings (SSSR count). The van der Waals surface area contributed by atoms with E-state index in [0.29, 0.717) is 6.04 Å². The molecule has 1 nitrogen and oxygen atoms in total. The van der Waals surface area contributed by atoms with E-state index < -0.39 is 0 Å². The van der Waals surface area contributed by atoms with Crippen molar-refractivity contribution in [2.24, 2.45) is 0 Å². The van der Waals surface area contributed by atoms with Gasteiger partial charge in [0.15, 0.2) is 0 Å². The van der Waals surface area contributed by atoms with Crippen molar-refractivity contribution >= 4 is 23.1 Å². The van der Waals surface area contributed by atoms with Gasteiger partial charge in [-0.2, -0.15) is 11.8 Å². The van der Waals surface area contributed by atoms with E-state index in [2.05, 4.69) is 36.7 Å². The van der Waals surface area contributed by atoms with Gasteiger partial charge in [0, 0.05) is 10.6 Å². The van der Waals surface area contributed by atoms with Crippen LogP contribution in [-0.4, -0.2) is 18.1 Å². The Morgan fingerprint density at radius 1 is 1.54 bits per heavy atom. The first-order chi connectivity index (χ1) is 6.24. The zero-order valence-corrected chi connectivity index (χ0v) is 10.0. The monoisotopic (exact) mass is 215 g/mol. The Kier molecular flexibility index (Phi) is 4.84. The van der Waals surface area contributed by atoms with Gasteiger partial charge in [0.2, 0.25) is 0 Å². The molecule has 0 radical (unpaired) electrons. The number of nitrogens with one attached hydrogen (secondary N) is 1. The second-order valence-electron chi connectivity index (χ2n) is 3.24. The van der Waals surface area contributed by atoms with Crippen LogP contribution in [0.2, 0.25) is 0 Å². The summed E-state index contributed by atoms with van der Waals surface area (Å²) in [5, 5.41) is 6.21. The topological polar surface area (TPSA) is 12.0 Å². The van der Waals surface area contributed by atoms with Gasteiger partial charge in [0.25, 0.3) is 0 Å². The molecule has 1 heterocycles. The van der Waals surface area contributed by atoms with Crippen LogP contribution in [0, 0.1) is 0 Å². The summed E-state index contributed by atoms with van der Waals surface area (Å²) in [7, 11) is 2.03. The Bertz CT molecular complexity index is 219. The molecule has 1 N–H and O–H groups in total. The van der Waals surface area contributed by atoms with E-state index in [1.807, 2.05) is 30.1 Å². The van der Waals surface area contributed by atoms with E-state index in [4.69, 9.17) is 0 Å². The molecule has 1 aromatic heterocycles. The number of thioether (sulfide) groups is 1. The van der Waals surface area contributed by atoms with Crippen molar-refractivity contribution in [2.45, 2.75) is 25.1 Å². The molecule has 0 aliphatic heterocycles.